The molecule has 0 radical (unpaired) electrons. The molecule has 1 N–H and O–H groups in total. The molecule has 0 unspecified atom stereocenters. The zero-order chi connectivity index (χ0) is 15.2. The van der Waals surface area contributed by atoms with Crippen LogP contribution in [0.3, 0.4) is 0 Å². The summed E-state index contributed by atoms with van der Waals surface area (Å²) in [4.78, 5) is 2.40. The summed E-state index contributed by atoms with van der Waals surface area (Å²) in [5.41, 5.74) is 2.47. The van der Waals surface area contributed by atoms with Crippen molar-refractivity contribution in [2.24, 2.45) is 5.92 Å². The molecule has 0 aromatic heterocycles. The number of aliphatic hydroxyl groups excluding tert-OH is 1. The predicted molar refractivity (Wildman–Crippen MR) is 90.7 cm³/mol. The van der Waals surface area contributed by atoms with Gasteiger partial charge in [-0.25, -0.2) is 0 Å². The molecule has 0 amide bonds. The van der Waals surface area contributed by atoms with E-state index in [4.69, 9.17) is 0 Å². The van der Waals surface area contributed by atoms with Crippen LogP contribution in [-0.2, 0) is 6.42 Å². The maximum absolute atomic E-state index is 10.3. The van der Waals surface area contributed by atoms with Crippen molar-refractivity contribution in [3.8, 4) is 0 Å². The summed E-state index contributed by atoms with van der Waals surface area (Å²) in [6.45, 7) is 2.95. The number of hydrogen-bond acceptors (Lipinski definition) is 2. The van der Waals surface area contributed by atoms with Gasteiger partial charge in [-0.3, -0.25) is 0 Å². The number of hydrogen-bond donors (Lipinski definition) is 1. The van der Waals surface area contributed by atoms with Crippen molar-refractivity contribution in [3.63, 3.8) is 0 Å². The van der Waals surface area contributed by atoms with Gasteiger partial charge in [0.1, 0.15) is 0 Å². The minimum Gasteiger partial charge on any atom is -0.387 e. The van der Waals surface area contributed by atoms with Gasteiger partial charge in [0.25, 0.3) is 0 Å². The van der Waals surface area contributed by atoms with Crippen LogP contribution in [0.5, 0.6) is 0 Å². The molecule has 2 nitrogen and oxygen atoms in total. The van der Waals surface area contributed by atoms with Crippen LogP contribution in [0, 0.1) is 5.92 Å². The molecule has 1 atom stereocenters. The summed E-state index contributed by atoms with van der Waals surface area (Å²) in [5.74, 6) is 0.785. The summed E-state index contributed by atoms with van der Waals surface area (Å²) in [7, 11) is 0. The Bertz CT molecular complexity index is 546. The van der Waals surface area contributed by atoms with E-state index < -0.39 is 0 Å². The van der Waals surface area contributed by atoms with Crippen molar-refractivity contribution in [1.29, 1.82) is 0 Å². The van der Waals surface area contributed by atoms with Crippen molar-refractivity contribution in [2.45, 2.75) is 25.4 Å². The highest BCUT2D eigenvalue weighted by molar-refractivity contribution is 5.18. The molecule has 22 heavy (non-hydrogen) atoms. The van der Waals surface area contributed by atoms with Crippen LogP contribution in [0.25, 0.3) is 0 Å². The summed E-state index contributed by atoms with van der Waals surface area (Å²) in [6.07, 6.45) is 3.29. The van der Waals surface area contributed by atoms with Gasteiger partial charge in [0.2, 0.25) is 0 Å². The van der Waals surface area contributed by atoms with Gasteiger partial charge < -0.3 is 10.0 Å². The lowest BCUT2D eigenvalue weighted by atomic mass is 9.90. The fourth-order valence-electron chi connectivity index (χ4n) is 3.35. The molecule has 1 aliphatic rings. The predicted octanol–water partition coefficient (Wildman–Crippen LogP) is 3.67. The first-order valence-electron chi connectivity index (χ1n) is 8.30. The third-order valence-electron chi connectivity index (χ3n) is 4.69. The fourth-order valence-corrected chi connectivity index (χ4v) is 3.35. The summed E-state index contributed by atoms with van der Waals surface area (Å²) < 4.78 is 0. The van der Waals surface area contributed by atoms with E-state index in [0.717, 1.165) is 31.1 Å². The number of benzene rings is 2. The Labute approximate surface area is 133 Å². The first-order valence-corrected chi connectivity index (χ1v) is 8.30. The van der Waals surface area contributed by atoms with Gasteiger partial charge in [-0.05, 0) is 49.4 Å². The number of rotatable bonds is 5. The lowest BCUT2D eigenvalue weighted by Crippen LogP contribution is -2.37. The Balaban J connectivity index is 1.46. The number of piperidine rings is 1. The van der Waals surface area contributed by atoms with E-state index in [1.807, 2.05) is 30.3 Å². The molecule has 1 fully saturated rings. The monoisotopic (exact) mass is 295 g/mol. The topological polar surface area (TPSA) is 23.5 Å². The number of aliphatic hydroxyl groups is 1. The van der Waals surface area contributed by atoms with Gasteiger partial charge in [-0.15, -0.1) is 0 Å². The molecule has 1 heterocycles. The van der Waals surface area contributed by atoms with Crippen molar-refractivity contribution in [2.75, 3.05) is 19.6 Å². The number of β-amino-alcohol motifs (C(OH)–C–C–N with tert-alkyl or cyclic N) is 1. The second-order valence-electron chi connectivity index (χ2n) is 6.36. The normalized spacial score (nSPS) is 18.2. The van der Waals surface area contributed by atoms with E-state index in [0.29, 0.717) is 0 Å². The van der Waals surface area contributed by atoms with Gasteiger partial charge >= 0.3 is 0 Å². The molecule has 116 valence electrons. The summed E-state index contributed by atoms with van der Waals surface area (Å²) in [5, 5.41) is 10.3. The minimum absolute atomic E-state index is 0.369. The van der Waals surface area contributed by atoms with Crippen LogP contribution in [0.1, 0.15) is 30.1 Å². The first-order chi connectivity index (χ1) is 10.8. The summed E-state index contributed by atoms with van der Waals surface area (Å²) in [6, 6.07) is 20.8. The average Bonchev–Trinajstić information content (AvgIpc) is 2.58. The SMILES string of the molecule is O[C@@H](CN1CCC(Cc2ccccc2)CC1)c1ccccc1. The Kier molecular flexibility index (Phi) is 5.25. The van der Waals surface area contributed by atoms with Crippen LogP contribution in [0.2, 0.25) is 0 Å². The van der Waals surface area contributed by atoms with Gasteiger partial charge in [0.05, 0.1) is 6.10 Å². The third-order valence-corrected chi connectivity index (χ3v) is 4.69. The van der Waals surface area contributed by atoms with Crippen molar-refractivity contribution in [3.05, 3.63) is 71.8 Å². The lowest BCUT2D eigenvalue weighted by Gasteiger charge is -2.33. The van der Waals surface area contributed by atoms with Crippen LogP contribution in [-0.4, -0.2) is 29.6 Å². The van der Waals surface area contributed by atoms with Gasteiger partial charge in [-0.2, -0.15) is 0 Å². The molecule has 3 rings (SSSR count). The van der Waals surface area contributed by atoms with Crippen LogP contribution >= 0.6 is 0 Å². The second-order valence-corrected chi connectivity index (χ2v) is 6.36. The van der Waals surface area contributed by atoms with E-state index in [1.165, 1.54) is 24.8 Å². The molecule has 1 saturated heterocycles. The molecule has 0 spiro atoms. The quantitative estimate of drug-likeness (QED) is 0.909. The van der Waals surface area contributed by atoms with Crippen LogP contribution < -0.4 is 0 Å². The van der Waals surface area contributed by atoms with E-state index in [2.05, 4.69) is 35.2 Å². The first kappa shape index (κ1) is 15.3. The molecule has 2 aromatic rings. The highest BCUT2D eigenvalue weighted by Crippen LogP contribution is 2.23. The minimum atomic E-state index is -0.369. The lowest BCUT2D eigenvalue weighted by molar-refractivity contribution is 0.0893. The molecule has 0 saturated carbocycles. The number of likely N-dealkylation sites (tertiary alicyclic amines) is 1. The van der Waals surface area contributed by atoms with Crippen LogP contribution in [0.4, 0.5) is 0 Å². The molecular weight excluding hydrogens is 270 g/mol. The van der Waals surface area contributed by atoms with Gasteiger partial charge in [0.15, 0.2) is 0 Å². The summed E-state index contributed by atoms with van der Waals surface area (Å²) >= 11 is 0. The maximum atomic E-state index is 10.3. The van der Waals surface area contributed by atoms with Crippen molar-refractivity contribution in [1.82, 2.24) is 4.90 Å². The smallest absolute Gasteiger partial charge is 0.0916 e. The Morgan fingerprint density at radius 2 is 1.50 bits per heavy atom. The zero-order valence-corrected chi connectivity index (χ0v) is 13.1. The Hall–Kier alpha value is -1.64. The molecule has 0 bridgehead atoms. The molecule has 2 heteroatoms. The number of nitrogens with zero attached hydrogens (tertiary/aromatic N) is 1. The van der Waals surface area contributed by atoms with Gasteiger partial charge in [0, 0.05) is 6.54 Å². The maximum Gasteiger partial charge on any atom is 0.0916 e. The van der Waals surface area contributed by atoms with E-state index in [1.54, 1.807) is 0 Å². The highest BCUT2D eigenvalue weighted by Gasteiger charge is 2.21. The largest absolute Gasteiger partial charge is 0.387 e. The molecule has 1 aliphatic heterocycles. The average molecular weight is 295 g/mol. The molecule has 0 aliphatic carbocycles. The fraction of sp³-hybridized carbons (Fsp3) is 0.400. The van der Waals surface area contributed by atoms with Crippen molar-refractivity contribution >= 4 is 0 Å². The zero-order valence-electron chi connectivity index (χ0n) is 13.1. The Morgan fingerprint density at radius 3 is 2.14 bits per heavy atom. The molecular formula is C20H25NO. The molecule has 2 aromatic carbocycles. The third kappa shape index (κ3) is 4.19. The van der Waals surface area contributed by atoms with Crippen LogP contribution in [0.15, 0.2) is 60.7 Å². The standard InChI is InChI=1S/C20H25NO/c22-20(19-9-5-2-6-10-19)16-21-13-11-18(12-14-21)15-17-7-3-1-4-8-17/h1-10,18,20,22H,11-16H2/t20-/m0/s1. The van der Waals surface area contributed by atoms with Gasteiger partial charge in [-0.1, -0.05) is 60.7 Å². The van der Waals surface area contributed by atoms with Crippen molar-refractivity contribution < 1.29 is 5.11 Å². The highest BCUT2D eigenvalue weighted by atomic mass is 16.3. The van der Waals surface area contributed by atoms with E-state index in [-0.39, 0.29) is 6.10 Å². The second kappa shape index (κ2) is 7.57. The van der Waals surface area contributed by atoms with E-state index in [9.17, 15) is 5.11 Å². The Morgan fingerprint density at radius 1 is 0.909 bits per heavy atom. The van der Waals surface area contributed by atoms with E-state index >= 15 is 0 Å².